The summed E-state index contributed by atoms with van der Waals surface area (Å²) >= 11 is 6.00. The Morgan fingerprint density at radius 2 is 2.19 bits per heavy atom. The monoisotopic (exact) mass is 310 g/mol. The molecule has 0 saturated carbocycles. The zero-order valence-corrected chi connectivity index (χ0v) is 12.4. The van der Waals surface area contributed by atoms with Gasteiger partial charge in [-0.1, -0.05) is 11.6 Å². The number of halogens is 2. The van der Waals surface area contributed by atoms with Gasteiger partial charge in [-0.3, -0.25) is 9.59 Å². The molecule has 0 aromatic heterocycles. The Labute approximate surface area is 127 Å². The second-order valence-electron chi connectivity index (χ2n) is 5.59. The van der Waals surface area contributed by atoms with Crippen molar-refractivity contribution in [3.63, 3.8) is 0 Å². The fourth-order valence-electron chi connectivity index (χ4n) is 3.15. The second-order valence-corrected chi connectivity index (χ2v) is 5.99. The van der Waals surface area contributed by atoms with E-state index < -0.39 is 11.9 Å². The lowest BCUT2D eigenvalue weighted by atomic mass is 10.1. The summed E-state index contributed by atoms with van der Waals surface area (Å²) in [6, 6.07) is 3.24. The van der Waals surface area contributed by atoms with Crippen molar-refractivity contribution < 1.29 is 14.0 Å². The molecule has 2 amide bonds. The number of fused-ring (bicyclic) bond motifs is 1. The number of carbonyl (C=O) groups excluding carboxylic acids is 2. The van der Waals surface area contributed by atoms with Crippen LogP contribution in [0.5, 0.6) is 0 Å². The molecule has 2 aliphatic rings. The zero-order valence-electron chi connectivity index (χ0n) is 11.7. The van der Waals surface area contributed by atoms with Gasteiger partial charge in [0.25, 0.3) is 5.91 Å². The summed E-state index contributed by atoms with van der Waals surface area (Å²) in [6.07, 6.45) is 1.87. The molecule has 2 heterocycles. The van der Waals surface area contributed by atoms with Crippen LogP contribution >= 0.6 is 11.6 Å². The molecule has 0 unspecified atom stereocenters. The van der Waals surface area contributed by atoms with Gasteiger partial charge in [-0.25, -0.2) is 4.39 Å². The smallest absolute Gasteiger partial charge is 0.256 e. The van der Waals surface area contributed by atoms with Crippen LogP contribution < -0.4 is 0 Å². The van der Waals surface area contributed by atoms with E-state index in [1.54, 1.807) is 6.92 Å². The largest absolute Gasteiger partial charge is 0.336 e. The van der Waals surface area contributed by atoms with E-state index in [0.717, 1.165) is 25.5 Å². The molecule has 112 valence electrons. The third kappa shape index (κ3) is 2.39. The van der Waals surface area contributed by atoms with Crippen LogP contribution in [0.25, 0.3) is 0 Å². The molecule has 0 N–H and O–H groups in total. The fourth-order valence-corrected chi connectivity index (χ4v) is 3.35. The third-order valence-electron chi connectivity index (χ3n) is 4.31. The molecule has 3 rings (SSSR count). The first-order valence-electron chi connectivity index (χ1n) is 7.05. The number of carbonyl (C=O) groups is 2. The van der Waals surface area contributed by atoms with Crippen LogP contribution in [0, 0.1) is 5.82 Å². The number of amides is 2. The van der Waals surface area contributed by atoms with Gasteiger partial charge in [0, 0.05) is 19.1 Å². The Bertz CT molecular complexity index is 607. The summed E-state index contributed by atoms with van der Waals surface area (Å²) < 4.78 is 13.4. The molecule has 0 spiro atoms. The van der Waals surface area contributed by atoms with Crippen LogP contribution in [0.3, 0.4) is 0 Å². The molecule has 2 fully saturated rings. The summed E-state index contributed by atoms with van der Waals surface area (Å²) in [7, 11) is 0. The Kier molecular flexibility index (Phi) is 3.61. The Balaban J connectivity index is 1.90. The maximum Gasteiger partial charge on any atom is 0.256 e. The molecule has 4 nitrogen and oxygen atoms in total. The Morgan fingerprint density at radius 1 is 1.43 bits per heavy atom. The first-order valence-corrected chi connectivity index (χ1v) is 7.43. The van der Waals surface area contributed by atoms with E-state index >= 15 is 0 Å². The van der Waals surface area contributed by atoms with Crippen molar-refractivity contribution in [3.8, 4) is 0 Å². The molecule has 21 heavy (non-hydrogen) atoms. The standard InChI is InChI=1S/C15H16ClFN2O2/c1-9-14(20)18-6-2-3-11(18)8-19(9)15(21)12-7-10(17)4-5-13(12)16/h4-5,7,9,11H,2-3,6,8H2,1H3/t9-,11+/m1/s1. The molecular weight excluding hydrogens is 295 g/mol. The average Bonchev–Trinajstić information content (AvgIpc) is 2.93. The molecule has 1 aromatic carbocycles. The van der Waals surface area contributed by atoms with Crippen LogP contribution in [0.4, 0.5) is 4.39 Å². The van der Waals surface area contributed by atoms with Crippen molar-refractivity contribution in [2.24, 2.45) is 0 Å². The number of nitrogens with zero attached hydrogens (tertiary/aromatic N) is 2. The summed E-state index contributed by atoms with van der Waals surface area (Å²) in [5.41, 5.74) is 0.114. The summed E-state index contributed by atoms with van der Waals surface area (Å²) in [5.74, 6) is -0.933. The van der Waals surface area contributed by atoms with Gasteiger partial charge < -0.3 is 9.80 Å². The number of piperazine rings is 1. The lowest BCUT2D eigenvalue weighted by Crippen LogP contribution is -2.60. The summed E-state index contributed by atoms with van der Waals surface area (Å²) in [4.78, 5) is 28.3. The maximum atomic E-state index is 13.4. The van der Waals surface area contributed by atoms with Crippen LogP contribution in [-0.4, -0.2) is 46.8 Å². The number of hydrogen-bond acceptors (Lipinski definition) is 2. The van der Waals surface area contributed by atoms with Crippen molar-refractivity contribution >= 4 is 23.4 Å². The number of benzene rings is 1. The SMILES string of the molecule is C[C@@H]1C(=O)N2CCC[C@H]2CN1C(=O)c1cc(F)ccc1Cl. The highest BCUT2D eigenvalue weighted by Crippen LogP contribution is 2.28. The second kappa shape index (κ2) is 5.30. The minimum absolute atomic E-state index is 0.0374. The lowest BCUT2D eigenvalue weighted by Gasteiger charge is -2.41. The molecule has 2 saturated heterocycles. The topological polar surface area (TPSA) is 40.6 Å². The third-order valence-corrected chi connectivity index (χ3v) is 4.64. The van der Waals surface area contributed by atoms with Crippen LogP contribution in [0.1, 0.15) is 30.1 Å². The van der Waals surface area contributed by atoms with Gasteiger partial charge in [-0.05, 0) is 38.0 Å². The van der Waals surface area contributed by atoms with E-state index in [1.165, 1.54) is 17.0 Å². The van der Waals surface area contributed by atoms with Gasteiger partial charge in [0.05, 0.1) is 10.6 Å². The number of rotatable bonds is 1. The van der Waals surface area contributed by atoms with Gasteiger partial charge in [-0.2, -0.15) is 0 Å². The first-order chi connectivity index (χ1) is 9.99. The van der Waals surface area contributed by atoms with Crippen molar-refractivity contribution in [2.75, 3.05) is 13.1 Å². The molecule has 0 radical (unpaired) electrons. The normalized spacial score (nSPS) is 25.2. The van der Waals surface area contributed by atoms with Crippen molar-refractivity contribution in [3.05, 3.63) is 34.6 Å². The van der Waals surface area contributed by atoms with E-state index in [9.17, 15) is 14.0 Å². The molecule has 0 aliphatic carbocycles. The minimum atomic E-state index is -0.536. The van der Waals surface area contributed by atoms with Gasteiger partial charge in [0.15, 0.2) is 0 Å². The maximum absolute atomic E-state index is 13.4. The average molecular weight is 311 g/mol. The van der Waals surface area contributed by atoms with E-state index in [2.05, 4.69) is 0 Å². The van der Waals surface area contributed by atoms with Crippen molar-refractivity contribution in [1.82, 2.24) is 9.80 Å². The van der Waals surface area contributed by atoms with Gasteiger partial charge in [-0.15, -0.1) is 0 Å². The highest BCUT2D eigenvalue weighted by Gasteiger charge is 2.42. The van der Waals surface area contributed by atoms with E-state index in [1.807, 2.05) is 4.90 Å². The minimum Gasteiger partial charge on any atom is -0.336 e. The fraction of sp³-hybridized carbons (Fsp3) is 0.467. The van der Waals surface area contributed by atoms with Crippen molar-refractivity contribution in [1.29, 1.82) is 0 Å². The molecule has 6 heteroatoms. The van der Waals surface area contributed by atoms with Gasteiger partial charge >= 0.3 is 0 Å². The summed E-state index contributed by atoms with van der Waals surface area (Å²) in [5, 5.41) is 0.204. The molecule has 1 aromatic rings. The van der Waals surface area contributed by atoms with E-state index in [-0.39, 0.29) is 28.4 Å². The van der Waals surface area contributed by atoms with E-state index in [0.29, 0.717) is 6.54 Å². The Morgan fingerprint density at radius 3 is 2.95 bits per heavy atom. The molecule has 0 bridgehead atoms. The van der Waals surface area contributed by atoms with Crippen LogP contribution in [0.15, 0.2) is 18.2 Å². The van der Waals surface area contributed by atoms with Crippen LogP contribution in [0.2, 0.25) is 5.02 Å². The highest BCUT2D eigenvalue weighted by atomic mass is 35.5. The Hall–Kier alpha value is -1.62. The summed E-state index contributed by atoms with van der Waals surface area (Å²) in [6.45, 7) is 2.96. The quantitative estimate of drug-likeness (QED) is 0.798. The molecular formula is C15H16ClFN2O2. The predicted octanol–water partition coefficient (Wildman–Crippen LogP) is 2.31. The highest BCUT2D eigenvalue weighted by molar-refractivity contribution is 6.33. The first kappa shape index (κ1) is 14.3. The predicted molar refractivity (Wildman–Crippen MR) is 76.6 cm³/mol. The van der Waals surface area contributed by atoms with Crippen LogP contribution in [-0.2, 0) is 4.79 Å². The number of hydrogen-bond donors (Lipinski definition) is 0. The molecule has 2 aliphatic heterocycles. The lowest BCUT2D eigenvalue weighted by molar-refractivity contribution is -0.141. The van der Waals surface area contributed by atoms with Gasteiger partial charge in [0.1, 0.15) is 11.9 Å². The zero-order chi connectivity index (χ0) is 15.1. The van der Waals surface area contributed by atoms with E-state index in [4.69, 9.17) is 11.6 Å². The van der Waals surface area contributed by atoms with Crippen molar-refractivity contribution in [2.45, 2.75) is 31.8 Å². The molecule has 2 atom stereocenters. The van der Waals surface area contributed by atoms with Gasteiger partial charge in [0.2, 0.25) is 5.91 Å².